The Bertz CT molecular complexity index is 1560. The third-order valence-corrected chi connectivity index (χ3v) is 7.00. The maximum atomic E-state index is 6.75. The second kappa shape index (κ2) is 9.39. The molecule has 0 saturated heterocycles. The molecule has 0 radical (unpaired) electrons. The smallest absolute Gasteiger partial charge is 0.0400 e. The van der Waals surface area contributed by atoms with Gasteiger partial charge in [-0.05, 0) is 96.0 Å². The predicted molar refractivity (Wildman–Crippen MR) is 156 cm³/mol. The van der Waals surface area contributed by atoms with Gasteiger partial charge in [0.05, 0.1) is 0 Å². The van der Waals surface area contributed by atoms with Crippen LogP contribution >= 0.6 is 0 Å². The van der Waals surface area contributed by atoms with Crippen molar-refractivity contribution in [2.45, 2.75) is 27.7 Å². The maximum Gasteiger partial charge on any atom is 0.0400 e. The van der Waals surface area contributed by atoms with E-state index in [0.717, 1.165) is 33.6 Å². The SMILES string of the molecule is Cc1ccc(C)c(-c2c(N)ccc(-c3ccc(-c4ccc(N)cc4)cc3)c2-c2cc(C)ccc2C)c1. The highest BCUT2D eigenvalue weighted by Gasteiger charge is 2.20. The molecule has 4 N–H and O–H groups in total. The van der Waals surface area contributed by atoms with Crippen LogP contribution in [0.4, 0.5) is 11.4 Å². The highest BCUT2D eigenvalue weighted by molar-refractivity contribution is 6.01. The molecule has 5 aromatic carbocycles. The van der Waals surface area contributed by atoms with Crippen LogP contribution in [-0.4, -0.2) is 0 Å². The average molecular weight is 469 g/mol. The number of nitrogens with two attached hydrogens (primary N) is 2. The molecule has 0 aliphatic heterocycles. The summed E-state index contributed by atoms with van der Waals surface area (Å²) in [6, 6.07) is 34.3. The summed E-state index contributed by atoms with van der Waals surface area (Å²) in [5.74, 6) is 0. The lowest BCUT2D eigenvalue weighted by Crippen LogP contribution is -1.99. The first-order chi connectivity index (χ1) is 17.3. The average Bonchev–Trinajstić information content (AvgIpc) is 2.87. The Morgan fingerprint density at radius 1 is 0.417 bits per heavy atom. The van der Waals surface area contributed by atoms with Crippen LogP contribution in [0, 0.1) is 27.7 Å². The molecule has 0 bridgehead atoms. The third kappa shape index (κ3) is 4.38. The standard InChI is InChI=1S/C34H32N2/c1-21-5-7-23(3)30(19-21)33-29(17-18-32(36)34(33)31-20-22(2)6-8-24(31)4)27-11-9-25(10-12-27)26-13-15-28(35)16-14-26/h5-20H,35-36H2,1-4H3. The predicted octanol–water partition coefficient (Wildman–Crippen LogP) is 8.75. The monoisotopic (exact) mass is 468 g/mol. The molecule has 178 valence electrons. The largest absolute Gasteiger partial charge is 0.399 e. The minimum atomic E-state index is 0.773. The fourth-order valence-corrected chi connectivity index (χ4v) is 4.96. The summed E-state index contributed by atoms with van der Waals surface area (Å²) >= 11 is 0. The molecule has 0 spiro atoms. The zero-order chi connectivity index (χ0) is 25.4. The first-order valence-corrected chi connectivity index (χ1v) is 12.4. The van der Waals surface area contributed by atoms with E-state index in [2.05, 4.69) is 113 Å². The second-order valence-corrected chi connectivity index (χ2v) is 9.79. The lowest BCUT2D eigenvalue weighted by Gasteiger charge is -2.22. The fraction of sp³-hybridized carbons (Fsp3) is 0.118. The van der Waals surface area contributed by atoms with Gasteiger partial charge in [-0.2, -0.15) is 0 Å². The van der Waals surface area contributed by atoms with E-state index in [-0.39, 0.29) is 0 Å². The Balaban J connectivity index is 1.77. The fourth-order valence-electron chi connectivity index (χ4n) is 4.96. The lowest BCUT2D eigenvalue weighted by atomic mass is 9.83. The molecule has 0 saturated carbocycles. The maximum absolute atomic E-state index is 6.75. The van der Waals surface area contributed by atoms with Crippen molar-refractivity contribution in [3.8, 4) is 44.5 Å². The van der Waals surface area contributed by atoms with E-state index in [0.29, 0.717) is 0 Å². The summed E-state index contributed by atoms with van der Waals surface area (Å²) in [6.45, 7) is 8.62. The normalized spacial score (nSPS) is 11.0. The van der Waals surface area contributed by atoms with Crippen molar-refractivity contribution < 1.29 is 0 Å². The van der Waals surface area contributed by atoms with Gasteiger partial charge in [0.1, 0.15) is 0 Å². The van der Waals surface area contributed by atoms with Crippen LogP contribution in [0.5, 0.6) is 0 Å². The molecule has 0 heterocycles. The summed E-state index contributed by atoms with van der Waals surface area (Å²) in [5.41, 5.74) is 28.4. The van der Waals surface area contributed by atoms with Crippen LogP contribution in [0.3, 0.4) is 0 Å². The summed E-state index contributed by atoms with van der Waals surface area (Å²) in [4.78, 5) is 0. The molecule has 5 aromatic rings. The number of hydrogen-bond donors (Lipinski definition) is 2. The number of rotatable bonds is 4. The molecule has 0 aliphatic rings. The van der Waals surface area contributed by atoms with E-state index in [9.17, 15) is 0 Å². The van der Waals surface area contributed by atoms with Crippen molar-refractivity contribution in [2.75, 3.05) is 11.5 Å². The van der Waals surface area contributed by atoms with Gasteiger partial charge in [0, 0.05) is 16.9 Å². The van der Waals surface area contributed by atoms with E-state index < -0.39 is 0 Å². The Kier molecular flexibility index (Phi) is 6.12. The second-order valence-electron chi connectivity index (χ2n) is 9.79. The highest BCUT2D eigenvalue weighted by Crippen LogP contribution is 2.45. The summed E-state index contributed by atoms with van der Waals surface area (Å²) in [6.07, 6.45) is 0. The molecule has 36 heavy (non-hydrogen) atoms. The number of benzene rings is 5. The van der Waals surface area contributed by atoms with Crippen LogP contribution in [-0.2, 0) is 0 Å². The minimum absolute atomic E-state index is 0.773. The lowest BCUT2D eigenvalue weighted by molar-refractivity contribution is 1.37. The first-order valence-electron chi connectivity index (χ1n) is 12.4. The van der Waals surface area contributed by atoms with E-state index in [1.807, 2.05) is 12.1 Å². The molecule has 0 atom stereocenters. The Morgan fingerprint density at radius 2 is 0.889 bits per heavy atom. The Morgan fingerprint density at radius 3 is 1.44 bits per heavy atom. The van der Waals surface area contributed by atoms with Crippen molar-refractivity contribution in [1.82, 2.24) is 0 Å². The summed E-state index contributed by atoms with van der Waals surface area (Å²) in [7, 11) is 0. The molecule has 2 heteroatoms. The number of aryl methyl sites for hydroxylation is 4. The van der Waals surface area contributed by atoms with Crippen LogP contribution in [0.1, 0.15) is 22.3 Å². The van der Waals surface area contributed by atoms with Gasteiger partial charge in [-0.1, -0.05) is 90.0 Å². The number of hydrogen-bond acceptors (Lipinski definition) is 2. The molecule has 0 unspecified atom stereocenters. The van der Waals surface area contributed by atoms with Gasteiger partial charge in [-0.3, -0.25) is 0 Å². The van der Waals surface area contributed by atoms with Gasteiger partial charge in [-0.25, -0.2) is 0 Å². The van der Waals surface area contributed by atoms with Crippen molar-refractivity contribution in [3.63, 3.8) is 0 Å². The molecule has 5 rings (SSSR count). The molecular formula is C34H32N2. The quantitative estimate of drug-likeness (QED) is 0.259. The van der Waals surface area contributed by atoms with Crippen molar-refractivity contribution in [1.29, 1.82) is 0 Å². The van der Waals surface area contributed by atoms with Crippen molar-refractivity contribution in [2.24, 2.45) is 0 Å². The van der Waals surface area contributed by atoms with Gasteiger partial charge in [-0.15, -0.1) is 0 Å². The molecule has 0 amide bonds. The summed E-state index contributed by atoms with van der Waals surface area (Å²) < 4.78 is 0. The Labute approximate surface area is 214 Å². The van der Waals surface area contributed by atoms with Crippen molar-refractivity contribution >= 4 is 11.4 Å². The molecular weight excluding hydrogens is 436 g/mol. The van der Waals surface area contributed by atoms with Crippen LogP contribution in [0.2, 0.25) is 0 Å². The third-order valence-electron chi connectivity index (χ3n) is 7.00. The van der Waals surface area contributed by atoms with Gasteiger partial charge in [0.25, 0.3) is 0 Å². The Hall–Kier alpha value is -4.30. The van der Waals surface area contributed by atoms with Gasteiger partial charge in [0.15, 0.2) is 0 Å². The van der Waals surface area contributed by atoms with E-state index >= 15 is 0 Å². The zero-order valence-electron chi connectivity index (χ0n) is 21.4. The van der Waals surface area contributed by atoms with Gasteiger partial charge >= 0.3 is 0 Å². The number of nitrogen functional groups attached to an aromatic ring is 2. The van der Waals surface area contributed by atoms with Crippen LogP contribution < -0.4 is 11.5 Å². The van der Waals surface area contributed by atoms with Crippen LogP contribution in [0.25, 0.3) is 44.5 Å². The van der Waals surface area contributed by atoms with Crippen LogP contribution in [0.15, 0.2) is 97.1 Å². The van der Waals surface area contributed by atoms with Crippen molar-refractivity contribution in [3.05, 3.63) is 119 Å². The number of anilines is 2. The van der Waals surface area contributed by atoms with E-state index in [4.69, 9.17) is 11.5 Å². The zero-order valence-corrected chi connectivity index (χ0v) is 21.4. The summed E-state index contributed by atoms with van der Waals surface area (Å²) in [5, 5.41) is 0. The highest BCUT2D eigenvalue weighted by atomic mass is 14.6. The van der Waals surface area contributed by atoms with E-state index in [1.165, 1.54) is 44.5 Å². The molecule has 2 nitrogen and oxygen atoms in total. The first kappa shape index (κ1) is 23.4. The van der Waals surface area contributed by atoms with Gasteiger partial charge < -0.3 is 11.5 Å². The molecule has 0 fully saturated rings. The van der Waals surface area contributed by atoms with Gasteiger partial charge in [0.2, 0.25) is 0 Å². The molecule has 0 aliphatic carbocycles. The molecule has 0 aromatic heterocycles. The topological polar surface area (TPSA) is 52.0 Å². The minimum Gasteiger partial charge on any atom is -0.399 e. The van der Waals surface area contributed by atoms with E-state index in [1.54, 1.807) is 0 Å².